The Morgan fingerprint density at radius 1 is 1.16 bits per heavy atom. The number of aryl methyl sites for hydroxylation is 1. The van der Waals surface area contributed by atoms with Crippen LogP contribution in [0.3, 0.4) is 0 Å². The molecule has 6 heteroatoms. The van der Waals surface area contributed by atoms with E-state index in [4.69, 9.17) is 4.98 Å². The van der Waals surface area contributed by atoms with Crippen LogP contribution in [0.2, 0.25) is 0 Å². The summed E-state index contributed by atoms with van der Waals surface area (Å²) in [7, 11) is 0. The van der Waals surface area contributed by atoms with E-state index in [-0.39, 0.29) is 0 Å². The largest absolute Gasteiger partial charge is 0.365 e. The SMILES string of the molecule is CCc1ncccc1CNc1nc(N2CCC2C)nc2ncccc12. The fourth-order valence-corrected chi connectivity index (χ4v) is 3.16. The van der Waals surface area contributed by atoms with Crippen LogP contribution in [0.5, 0.6) is 0 Å². The molecule has 1 unspecified atom stereocenters. The third-order valence-corrected chi connectivity index (χ3v) is 4.80. The highest BCUT2D eigenvalue weighted by Crippen LogP contribution is 2.27. The van der Waals surface area contributed by atoms with Crippen molar-refractivity contribution in [1.82, 2.24) is 19.9 Å². The number of fused-ring (bicyclic) bond motifs is 1. The van der Waals surface area contributed by atoms with Crippen LogP contribution in [-0.4, -0.2) is 32.5 Å². The van der Waals surface area contributed by atoms with Gasteiger partial charge in [-0.05, 0) is 43.5 Å². The fourth-order valence-electron chi connectivity index (χ4n) is 3.16. The zero-order valence-electron chi connectivity index (χ0n) is 14.6. The molecule has 1 N–H and O–H groups in total. The first-order valence-electron chi connectivity index (χ1n) is 8.82. The van der Waals surface area contributed by atoms with Crippen molar-refractivity contribution in [3.63, 3.8) is 0 Å². The van der Waals surface area contributed by atoms with Gasteiger partial charge in [0.1, 0.15) is 5.82 Å². The molecule has 4 heterocycles. The zero-order chi connectivity index (χ0) is 17.2. The number of aromatic nitrogens is 4. The van der Waals surface area contributed by atoms with Crippen LogP contribution < -0.4 is 10.2 Å². The van der Waals surface area contributed by atoms with Crippen molar-refractivity contribution in [2.24, 2.45) is 0 Å². The summed E-state index contributed by atoms with van der Waals surface area (Å²) in [6.45, 7) is 6.01. The molecule has 25 heavy (non-hydrogen) atoms. The van der Waals surface area contributed by atoms with Gasteiger partial charge in [0.05, 0.1) is 5.39 Å². The molecule has 4 rings (SSSR count). The number of pyridine rings is 2. The predicted octanol–water partition coefficient (Wildman–Crippen LogP) is 3.19. The summed E-state index contributed by atoms with van der Waals surface area (Å²) >= 11 is 0. The van der Waals surface area contributed by atoms with E-state index in [0.29, 0.717) is 12.6 Å². The maximum atomic E-state index is 4.79. The van der Waals surface area contributed by atoms with Crippen molar-refractivity contribution < 1.29 is 0 Å². The zero-order valence-corrected chi connectivity index (χ0v) is 14.6. The van der Waals surface area contributed by atoms with Crippen LogP contribution in [0.25, 0.3) is 11.0 Å². The first-order valence-corrected chi connectivity index (χ1v) is 8.82. The first kappa shape index (κ1) is 15.7. The summed E-state index contributed by atoms with van der Waals surface area (Å²) < 4.78 is 0. The molecule has 3 aromatic heterocycles. The molecule has 1 saturated heterocycles. The fraction of sp³-hybridized carbons (Fsp3) is 0.368. The van der Waals surface area contributed by atoms with Crippen LogP contribution in [0.1, 0.15) is 31.5 Å². The molecule has 1 aliphatic rings. The van der Waals surface area contributed by atoms with E-state index in [0.717, 1.165) is 41.5 Å². The first-order chi connectivity index (χ1) is 12.3. The third-order valence-electron chi connectivity index (χ3n) is 4.80. The summed E-state index contributed by atoms with van der Waals surface area (Å²) in [5, 5.41) is 4.42. The van der Waals surface area contributed by atoms with Gasteiger partial charge in [-0.15, -0.1) is 0 Å². The molecule has 0 aliphatic carbocycles. The average Bonchev–Trinajstić information content (AvgIpc) is 2.65. The van der Waals surface area contributed by atoms with Crippen molar-refractivity contribution in [1.29, 1.82) is 0 Å². The topological polar surface area (TPSA) is 66.8 Å². The second kappa shape index (κ2) is 6.63. The molecule has 0 amide bonds. The monoisotopic (exact) mass is 334 g/mol. The van der Waals surface area contributed by atoms with Gasteiger partial charge in [-0.1, -0.05) is 13.0 Å². The molecule has 1 fully saturated rings. The minimum absolute atomic E-state index is 0.485. The Morgan fingerprint density at radius 3 is 2.76 bits per heavy atom. The summed E-state index contributed by atoms with van der Waals surface area (Å²) in [5.41, 5.74) is 3.04. The van der Waals surface area contributed by atoms with Gasteiger partial charge in [0, 0.05) is 37.2 Å². The van der Waals surface area contributed by atoms with E-state index in [1.165, 1.54) is 12.0 Å². The number of anilines is 2. The minimum Gasteiger partial charge on any atom is -0.365 e. The van der Waals surface area contributed by atoms with Crippen LogP contribution in [-0.2, 0) is 13.0 Å². The molecule has 0 radical (unpaired) electrons. The highest BCUT2D eigenvalue weighted by atomic mass is 15.3. The van der Waals surface area contributed by atoms with E-state index in [9.17, 15) is 0 Å². The lowest BCUT2D eigenvalue weighted by Gasteiger charge is -2.38. The number of nitrogens with zero attached hydrogens (tertiary/aromatic N) is 5. The van der Waals surface area contributed by atoms with E-state index < -0.39 is 0 Å². The summed E-state index contributed by atoms with van der Waals surface area (Å²) in [6, 6.07) is 8.50. The Bertz CT molecular complexity index is 894. The van der Waals surface area contributed by atoms with E-state index in [1.54, 1.807) is 6.20 Å². The second-order valence-corrected chi connectivity index (χ2v) is 6.39. The Kier molecular flexibility index (Phi) is 4.17. The molecule has 6 nitrogen and oxygen atoms in total. The van der Waals surface area contributed by atoms with Gasteiger partial charge in [-0.3, -0.25) is 4.98 Å². The Labute approximate surface area is 147 Å². The second-order valence-electron chi connectivity index (χ2n) is 6.39. The summed E-state index contributed by atoms with van der Waals surface area (Å²) in [6.07, 6.45) is 5.72. The Hall–Kier alpha value is -2.76. The number of hydrogen-bond donors (Lipinski definition) is 1. The van der Waals surface area contributed by atoms with E-state index in [2.05, 4.69) is 45.1 Å². The lowest BCUT2D eigenvalue weighted by molar-refractivity contribution is 0.471. The normalized spacial score (nSPS) is 16.7. The standard InChI is InChI=1S/C19H22N6/c1-3-16-14(6-4-9-20-16)12-22-18-15-7-5-10-21-17(15)23-19(24-18)25-11-8-13(25)2/h4-7,9-10,13H,3,8,11-12H2,1-2H3,(H,21,22,23,24). The molecule has 0 spiro atoms. The van der Waals surface area contributed by atoms with Crippen molar-refractivity contribution in [2.45, 2.75) is 39.3 Å². The number of rotatable bonds is 5. The quantitative estimate of drug-likeness (QED) is 0.773. The van der Waals surface area contributed by atoms with Gasteiger partial charge < -0.3 is 10.2 Å². The molecule has 0 bridgehead atoms. The van der Waals surface area contributed by atoms with E-state index >= 15 is 0 Å². The molecular formula is C19H22N6. The average molecular weight is 334 g/mol. The minimum atomic E-state index is 0.485. The van der Waals surface area contributed by atoms with Crippen molar-refractivity contribution in [3.05, 3.63) is 47.9 Å². The summed E-state index contributed by atoms with van der Waals surface area (Å²) in [5.74, 6) is 1.59. The van der Waals surface area contributed by atoms with Crippen molar-refractivity contribution >= 4 is 22.8 Å². The smallest absolute Gasteiger partial charge is 0.229 e. The van der Waals surface area contributed by atoms with Gasteiger partial charge in [0.15, 0.2) is 5.65 Å². The van der Waals surface area contributed by atoms with Gasteiger partial charge in [0.25, 0.3) is 0 Å². The number of hydrogen-bond acceptors (Lipinski definition) is 6. The molecular weight excluding hydrogens is 312 g/mol. The summed E-state index contributed by atoms with van der Waals surface area (Å²) in [4.78, 5) is 20.5. The molecule has 1 atom stereocenters. The lowest BCUT2D eigenvalue weighted by Crippen LogP contribution is -2.46. The molecule has 0 aromatic carbocycles. The van der Waals surface area contributed by atoms with Gasteiger partial charge in [0.2, 0.25) is 5.95 Å². The maximum Gasteiger partial charge on any atom is 0.229 e. The molecule has 1 aliphatic heterocycles. The van der Waals surface area contributed by atoms with Crippen molar-refractivity contribution in [3.8, 4) is 0 Å². The van der Waals surface area contributed by atoms with Crippen LogP contribution in [0.15, 0.2) is 36.7 Å². The number of nitrogens with one attached hydrogen (secondary N) is 1. The third kappa shape index (κ3) is 2.99. The molecule has 3 aromatic rings. The van der Waals surface area contributed by atoms with E-state index in [1.807, 2.05) is 24.4 Å². The van der Waals surface area contributed by atoms with Gasteiger partial charge >= 0.3 is 0 Å². The van der Waals surface area contributed by atoms with Crippen LogP contribution in [0, 0.1) is 0 Å². The van der Waals surface area contributed by atoms with Gasteiger partial charge in [-0.25, -0.2) is 4.98 Å². The Balaban J connectivity index is 1.67. The molecule has 128 valence electrons. The van der Waals surface area contributed by atoms with Crippen LogP contribution >= 0.6 is 0 Å². The maximum absolute atomic E-state index is 4.79. The lowest BCUT2D eigenvalue weighted by atomic mass is 10.1. The Morgan fingerprint density at radius 2 is 2.00 bits per heavy atom. The molecule has 0 saturated carbocycles. The van der Waals surface area contributed by atoms with Gasteiger partial charge in [-0.2, -0.15) is 9.97 Å². The highest BCUT2D eigenvalue weighted by Gasteiger charge is 2.27. The highest BCUT2D eigenvalue weighted by molar-refractivity contribution is 5.87. The van der Waals surface area contributed by atoms with Crippen molar-refractivity contribution in [2.75, 3.05) is 16.8 Å². The van der Waals surface area contributed by atoms with Crippen LogP contribution in [0.4, 0.5) is 11.8 Å². The predicted molar refractivity (Wildman–Crippen MR) is 99.7 cm³/mol.